The summed E-state index contributed by atoms with van der Waals surface area (Å²) in [5.41, 5.74) is 7.27. The van der Waals surface area contributed by atoms with Gasteiger partial charge in [-0.25, -0.2) is 4.79 Å². The van der Waals surface area contributed by atoms with Crippen molar-refractivity contribution in [3.8, 4) is 11.3 Å². The van der Waals surface area contributed by atoms with E-state index in [0.29, 0.717) is 6.61 Å². The zero-order chi connectivity index (χ0) is 27.1. The maximum atomic E-state index is 12.0. The largest absolute Gasteiger partial charge is 0.449 e. The summed E-state index contributed by atoms with van der Waals surface area (Å²) in [4.78, 5) is 20.1. The van der Waals surface area contributed by atoms with Gasteiger partial charge in [0.15, 0.2) is 0 Å². The predicted octanol–water partition coefficient (Wildman–Crippen LogP) is 8.50. The molecule has 2 aromatic heterocycles. The van der Waals surface area contributed by atoms with E-state index in [9.17, 15) is 4.79 Å². The fourth-order valence-corrected chi connectivity index (χ4v) is 4.39. The van der Waals surface area contributed by atoms with Crippen molar-refractivity contribution in [3.63, 3.8) is 0 Å². The van der Waals surface area contributed by atoms with Gasteiger partial charge in [0, 0.05) is 23.2 Å². The second kappa shape index (κ2) is 16.8. The smallest absolute Gasteiger partial charge is 0.407 e. The third kappa shape index (κ3) is 8.69. The topological polar surface area (TPSA) is 67.0 Å². The van der Waals surface area contributed by atoms with Gasteiger partial charge in [0.25, 0.3) is 0 Å². The van der Waals surface area contributed by atoms with Crippen LogP contribution in [0.3, 0.4) is 0 Å². The minimum Gasteiger partial charge on any atom is -0.449 e. The molecule has 0 aliphatic carbocycles. The second-order valence-corrected chi connectivity index (χ2v) is 8.84. The van der Waals surface area contributed by atoms with E-state index in [0.717, 1.165) is 43.3 Å². The molecular formula is C31H49N3O2. The number of nitrogens with one attached hydrogen (secondary N) is 2. The van der Waals surface area contributed by atoms with Crippen LogP contribution in [0.1, 0.15) is 91.8 Å². The van der Waals surface area contributed by atoms with E-state index >= 15 is 0 Å². The quantitative estimate of drug-likeness (QED) is 0.296. The van der Waals surface area contributed by atoms with Gasteiger partial charge >= 0.3 is 6.09 Å². The summed E-state index contributed by atoms with van der Waals surface area (Å²) in [6, 6.07) is 8.85. The molecule has 1 atom stereocenters. The maximum Gasteiger partial charge on any atom is 0.407 e. The number of aromatic nitrogens is 2. The van der Waals surface area contributed by atoms with Crippen molar-refractivity contribution in [1.82, 2.24) is 15.3 Å². The van der Waals surface area contributed by atoms with E-state index in [1.807, 2.05) is 47.7 Å². The van der Waals surface area contributed by atoms with E-state index in [1.54, 1.807) is 0 Å². The molecule has 0 aliphatic heterocycles. The summed E-state index contributed by atoms with van der Waals surface area (Å²) in [6.07, 6.45) is 8.59. The van der Waals surface area contributed by atoms with E-state index in [-0.39, 0.29) is 18.1 Å². The molecule has 1 amide bonds. The SMILES string of the molecule is CC.CC.CCCC(COC(=O)NC(C)C)Cc1c[nH]c2cnc(-c3c(CC)cccc3CC)cc12. The Hall–Kier alpha value is -2.82. The molecule has 1 unspecified atom stereocenters. The second-order valence-electron chi connectivity index (χ2n) is 8.84. The Balaban J connectivity index is 0.00000154. The standard InChI is InChI=1S/C27H37N3O2.2C2H6/c1-6-10-19(17-32-27(31)30-18(4)5)13-22-15-28-25-16-29-24(14-23(22)25)26-20(7-2)11-9-12-21(26)8-3;2*1-2/h9,11-12,14-16,18-19,28H,6-8,10,13,17H2,1-5H3,(H,30,31);2*1-2H3. The van der Waals surface area contributed by atoms with Gasteiger partial charge in [-0.1, -0.05) is 73.1 Å². The molecule has 36 heavy (non-hydrogen) atoms. The lowest BCUT2D eigenvalue weighted by Crippen LogP contribution is -2.32. The first kappa shape index (κ1) is 31.2. The minimum absolute atomic E-state index is 0.0747. The summed E-state index contributed by atoms with van der Waals surface area (Å²) in [7, 11) is 0. The van der Waals surface area contributed by atoms with Crippen LogP contribution in [0.4, 0.5) is 4.79 Å². The highest BCUT2D eigenvalue weighted by Gasteiger charge is 2.17. The van der Waals surface area contributed by atoms with Gasteiger partial charge in [-0.2, -0.15) is 0 Å². The number of amides is 1. The van der Waals surface area contributed by atoms with Gasteiger partial charge in [-0.15, -0.1) is 0 Å². The minimum atomic E-state index is -0.338. The number of nitrogens with zero attached hydrogens (tertiary/aromatic N) is 1. The molecule has 3 rings (SSSR count). The zero-order valence-corrected chi connectivity index (χ0v) is 24.1. The van der Waals surface area contributed by atoms with E-state index in [2.05, 4.69) is 61.5 Å². The van der Waals surface area contributed by atoms with Crippen LogP contribution in [0.25, 0.3) is 22.2 Å². The van der Waals surface area contributed by atoms with E-state index in [1.165, 1.54) is 27.6 Å². The number of carbonyl (C=O) groups is 1. The highest BCUT2D eigenvalue weighted by molar-refractivity contribution is 5.87. The van der Waals surface area contributed by atoms with E-state index < -0.39 is 0 Å². The molecule has 0 saturated carbocycles. The molecule has 0 fully saturated rings. The average molecular weight is 496 g/mol. The molecule has 5 nitrogen and oxygen atoms in total. The lowest BCUT2D eigenvalue weighted by atomic mass is 9.93. The summed E-state index contributed by atoms with van der Waals surface area (Å²) in [6.45, 7) is 18.9. The molecule has 0 bridgehead atoms. The van der Waals surface area contributed by atoms with Crippen LogP contribution < -0.4 is 5.32 Å². The number of hydrogen-bond donors (Lipinski definition) is 2. The van der Waals surface area contributed by atoms with Crippen LogP contribution in [0, 0.1) is 5.92 Å². The molecule has 2 N–H and O–H groups in total. The highest BCUT2D eigenvalue weighted by atomic mass is 16.5. The van der Waals surface area contributed by atoms with Crippen LogP contribution in [-0.2, 0) is 24.0 Å². The Morgan fingerprint density at radius 3 is 2.22 bits per heavy atom. The Morgan fingerprint density at radius 2 is 1.67 bits per heavy atom. The molecular weight excluding hydrogens is 446 g/mol. The molecule has 0 saturated heterocycles. The van der Waals surface area contributed by atoms with Gasteiger partial charge in [0.05, 0.1) is 24.0 Å². The molecule has 0 radical (unpaired) electrons. The Morgan fingerprint density at radius 1 is 1.03 bits per heavy atom. The summed E-state index contributed by atoms with van der Waals surface area (Å²) in [5, 5.41) is 4.00. The lowest BCUT2D eigenvalue weighted by Gasteiger charge is -2.17. The van der Waals surface area contributed by atoms with Crippen molar-refractivity contribution in [1.29, 1.82) is 0 Å². The lowest BCUT2D eigenvalue weighted by molar-refractivity contribution is 0.122. The molecule has 0 spiro atoms. The number of alkyl carbamates (subject to hydrolysis) is 1. The Bertz CT molecular complexity index is 1020. The number of rotatable bonds is 10. The normalized spacial score (nSPS) is 11.3. The van der Waals surface area contributed by atoms with Gasteiger partial charge in [-0.05, 0) is 68.2 Å². The predicted molar refractivity (Wildman–Crippen MR) is 155 cm³/mol. The van der Waals surface area contributed by atoms with Gasteiger partial charge in [0.2, 0.25) is 0 Å². The number of aromatic amines is 1. The van der Waals surface area contributed by atoms with Crippen molar-refractivity contribution < 1.29 is 9.53 Å². The van der Waals surface area contributed by atoms with Crippen LogP contribution >= 0.6 is 0 Å². The number of ether oxygens (including phenoxy) is 1. The first-order chi connectivity index (χ1) is 17.5. The number of pyridine rings is 1. The first-order valence-corrected chi connectivity index (χ1v) is 14.0. The number of hydrogen-bond acceptors (Lipinski definition) is 3. The molecule has 200 valence electrons. The maximum absolute atomic E-state index is 12.0. The van der Waals surface area contributed by atoms with Crippen molar-refractivity contribution in [2.24, 2.45) is 5.92 Å². The van der Waals surface area contributed by atoms with Crippen molar-refractivity contribution in [3.05, 3.63) is 53.3 Å². The molecule has 2 heterocycles. The monoisotopic (exact) mass is 495 g/mol. The highest BCUT2D eigenvalue weighted by Crippen LogP contribution is 2.31. The summed E-state index contributed by atoms with van der Waals surface area (Å²) in [5.74, 6) is 0.280. The molecule has 3 aromatic rings. The Kier molecular flexibility index (Phi) is 14.5. The fraction of sp³-hybridized carbons (Fsp3) is 0.548. The number of benzene rings is 1. The molecule has 1 aromatic carbocycles. The average Bonchev–Trinajstić information content (AvgIpc) is 3.30. The Labute approximate surface area is 219 Å². The third-order valence-electron chi connectivity index (χ3n) is 5.97. The summed E-state index contributed by atoms with van der Waals surface area (Å²) < 4.78 is 5.51. The van der Waals surface area contributed by atoms with Crippen molar-refractivity contribution >= 4 is 17.0 Å². The van der Waals surface area contributed by atoms with Crippen LogP contribution in [-0.4, -0.2) is 28.7 Å². The number of aryl methyl sites for hydroxylation is 2. The first-order valence-electron chi connectivity index (χ1n) is 14.0. The molecule has 0 aliphatic rings. The van der Waals surface area contributed by atoms with Crippen molar-refractivity contribution in [2.45, 2.75) is 100 Å². The van der Waals surface area contributed by atoms with Gasteiger partial charge in [-0.3, -0.25) is 4.98 Å². The third-order valence-corrected chi connectivity index (χ3v) is 5.97. The van der Waals surface area contributed by atoms with Gasteiger partial charge in [0.1, 0.15) is 0 Å². The number of fused-ring (bicyclic) bond motifs is 1. The fourth-order valence-electron chi connectivity index (χ4n) is 4.39. The van der Waals surface area contributed by atoms with Crippen LogP contribution in [0.5, 0.6) is 0 Å². The van der Waals surface area contributed by atoms with Crippen molar-refractivity contribution in [2.75, 3.05) is 6.61 Å². The van der Waals surface area contributed by atoms with Gasteiger partial charge < -0.3 is 15.0 Å². The zero-order valence-electron chi connectivity index (χ0n) is 24.1. The van der Waals surface area contributed by atoms with E-state index in [4.69, 9.17) is 9.72 Å². The number of H-pyrrole nitrogens is 1. The summed E-state index contributed by atoms with van der Waals surface area (Å²) >= 11 is 0. The number of carbonyl (C=O) groups excluding carboxylic acids is 1. The van der Waals surface area contributed by atoms with Crippen LogP contribution in [0.15, 0.2) is 36.7 Å². The van der Waals surface area contributed by atoms with Crippen LogP contribution in [0.2, 0.25) is 0 Å². The molecule has 5 heteroatoms.